The minimum atomic E-state index is -0.546. The second-order valence-corrected chi connectivity index (χ2v) is 16.5. The van der Waals surface area contributed by atoms with Gasteiger partial charge < -0.3 is 14.6 Å². The third kappa shape index (κ3) is 49.8. The summed E-state index contributed by atoms with van der Waals surface area (Å²) >= 11 is 0. The molecular weight excluding hydrogens is 725 g/mol. The summed E-state index contributed by atoms with van der Waals surface area (Å²) in [5.41, 5.74) is 0. The normalized spacial score (nSPS) is 13.1. The number of unbranched alkanes of at least 4 members (excludes halogenated alkanes) is 24. The smallest absolute Gasteiger partial charge is 0.306 e. The highest BCUT2D eigenvalue weighted by Crippen LogP contribution is 2.14. The molecule has 0 aromatic heterocycles. The molecule has 0 amide bonds. The summed E-state index contributed by atoms with van der Waals surface area (Å²) in [6, 6.07) is 0. The van der Waals surface area contributed by atoms with Crippen LogP contribution in [0.15, 0.2) is 85.1 Å². The van der Waals surface area contributed by atoms with E-state index in [1.54, 1.807) is 0 Å². The highest BCUT2D eigenvalue weighted by atomic mass is 16.6. The van der Waals surface area contributed by atoms with Gasteiger partial charge in [-0.25, -0.2) is 0 Å². The molecule has 0 rings (SSSR count). The molecule has 0 aliphatic carbocycles. The van der Waals surface area contributed by atoms with Gasteiger partial charge in [0.2, 0.25) is 0 Å². The van der Waals surface area contributed by atoms with E-state index in [0.717, 1.165) is 57.8 Å². The first-order valence-corrected chi connectivity index (χ1v) is 25.2. The molecule has 4 heteroatoms. The van der Waals surface area contributed by atoms with Crippen LogP contribution in [0.2, 0.25) is 0 Å². The molecule has 1 unspecified atom stereocenters. The molecule has 1 atom stereocenters. The Kier molecular flexibility index (Phi) is 49.6. The fourth-order valence-corrected chi connectivity index (χ4v) is 6.97. The molecule has 340 valence electrons. The Morgan fingerprint density at radius 2 is 0.763 bits per heavy atom. The summed E-state index contributed by atoms with van der Waals surface area (Å²) in [6.45, 7) is 5.21. The number of hydrogen-bond donors (Lipinski definition) is 1. The maximum Gasteiger partial charge on any atom is 0.306 e. The lowest BCUT2D eigenvalue weighted by atomic mass is 10.0. The lowest BCUT2D eigenvalue weighted by Gasteiger charge is -2.16. The first-order chi connectivity index (χ1) is 29.2. The number of allylic oxidation sites excluding steroid dienone is 14. The third-order valence-electron chi connectivity index (χ3n) is 10.7. The number of aliphatic hydroxyl groups excluding tert-OH is 1. The van der Waals surface area contributed by atoms with Gasteiger partial charge in [0.1, 0.15) is 6.10 Å². The Morgan fingerprint density at radius 1 is 0.424 bits per heavy atom. The lowest BCUT2D eigenvalue weighted by molar-refractivity contribution is -0.154. The van der Waals surface area contributed by atoms with Crippen LogP contribution in [0.5, 0.6) is 0 Å². The van der Waals surface area contributed by atoms with E-state index < -0.39 is 6.10 Å². The van der Waals surface area contributed by atoms with Gasteiger partial charge in [-0.2, -0.15) is 0 Å². The molecule has 1 N–H and O–H groups in total. The maximum atomic E-state index is 12.3. The summed E-state index contributed by atoms with van der Waals surface area (Å²) in [5.74, 6) is -0.207. The molecule has 0 aliphatic heterocycles. The van der Waals surface area contributed by atoms with Gasteiger partial charge in [0.25, 0.3) is 0 Å². The minimum Gasteiger partial charge on any atom is -0.457 e. The number of rotatable bonds is 46. The van der Waals surface area contributed by atoms with Gasteiger partial charge >= 0.3 is 5.97 Å². The fraction of sp³-hybridized carbons (Fsp3) is 0.727. The zero-order valence-corrected chi connectivity index (χ0v) is 39.0. The number of hydrogen-bond acceptors (Lipinski definition) is 4. The largest absolute Gasteiger partial charge is 0.457 e. The molecule has 0 aromatic rings. The highest BCUT2D eigenvalue weighted by Gasteiger charge is 2.13. The summed E-state index contributed by atoms with van der Waals surface area (Å²) in [5, 5.41) is 9.65. The molecule has 4 nitrogen and oxygen atoms in total. The minimum absolute atomic E-state index is 0.179. The van der Waals surface area contributed by atoms with Crippen LogP contribution in [0, 0.1) is 0 Å². The van der Waals surface area contributed by atoms with Gasteiger partial charge in [0.05, 0.1) is 13.2 Å². The Labute approximate surface area is 367 Å². The van der Waals surface area contributed by atoms with E-state index in [2.05, 4.69) is 98.9 Å². The van der Waals surface area contributed by atoms with E-state index in [9.17, 15) is 9.90 Å². The second kappa shape index (κ2) is 51.7. The van der Waals surface area contributed by atoms with Crippen molar-refractivity contribution < 1.29 is 19.4 Å². The van der Waals surface area contributed by atoms with Crippen LogP contribution in [0.3, 0.4) is 0 Å². The lowest BCUT2D eigenvalue weighted by Crippen LogP contribution is -2.27. The van der Waals surface area contributed by atoms with E-state index in [1.807, 2.05) is 0 Å². The Balaban J connectivity index is 3.46. The number of carbonyl (C=O) groups is 1. The molecule has 0 bridgehead atoms. The van der Waals surface area contributed by atoms with Crippen molar-refractivity contribution in [1.29, 1.82) is 0 Å². The van der Waals surface area contributed by atoms with Gasteiger partial charge in [0, 0.05) is 13.0 Å². The van der Waals surface area contributed by atoms with Crippen LogP contribution >= 0.6 is 0 Å². The molecule has 59 heavy (non-hydrogen) atoms. The zero-order chi connectivity index (χ0) is 42.6. The quantitative estimate of drug-likeness (QED) is 0.0378. The summed E-state index contributed by atoms with van der Waals surface area (Å²) < 4.78 is 11.2. The molecule has 0 aromatic carbocycles. The average Bonchev–Trinajstić information content (AvgIpc) is 3.24. The van der Waals surface area contributed by atoms with Gasteiger partial charge in [-0.1, -0.05) is 221 Å². The Bertz CT molecular complexity index is 1050. The van der Waals surface area contributed by atoms with Crippen molar-refractivity contribution in [2.75, 3.05) is 19.8 Å². The number of ether oxygens (including phenoxy) is 2. The van der Waals surface area contributed by atoms with E-state index in [4.69, 9.17) is 9.47 Å². The fourth-order valence-electron chi connectivity index (χ4n) is 6.97. The summed E-state index contributed by atoms with van der Waals surface area (Å²) in [7, 11) is 0. The van der Waals surface area contributed by atoms with Crippen molar-refractivity contribution in [2.24, 2.45) is 0 Å². The van der Waals surface area contributed by atoms with Crippen LogP contribution in [-0.4, -0.2) is 37.0 Å². The highest BCUT2D eigenvalue weighted by molar-refractivity contribution is 5.69. The van der Waals surface area contributed by atoms with E-state index >= 15 is 0 Å². The Morgan fingerprint density at radius 3 is 1.15 bits per heavy atom. The molecule has 0 fully saturated rings. The summed E-state index contributed by atoms with van der Waals surface area (Å²) in [4.78, 5) is 12.3. The molecule has 0 aliphatic rings. The average molecular weight is 821 g/mol. The van der Waals surface area contributed by atoms with Crippen molar-refractivity contribution in [3.63, 3.8) is 0 Å². The van der Waals surface area contributed by atoms with Crippen LogP contribution < -0.4 is 0 Å². The number of aliphatic hydroxyl groups is 1. The van der Waals surface area contributed by atoms with Crippen LogP contribution in [0.25, 0.3) is 0 Å². The molecule has 0 spiro atoms. The molecule has 0 heterocycles. The van der Waals surface area contributed by atoms with Crippen LogP contribution in [0.1, 0.15) is 232 Å². The number of carbonyl (C=O) groups excluding carboxylic acids is 1. The van der Waals surface area contributed by atoms with Crippen molar-refractivity contribution in [3.8, 4) is 0 Å². The maximum absolute atomic E-state index is 12.3. The van der Waals surface area contributed by atoms with Crippen molar-refractivity contribution in [2.45, 2.75) is 238 Å². The number of esters is 1. The molecule has 0 radical (unpaired) electrons. The monoisotopic (exact) mass is 821 g/mol. The predicted molar refractivity (Wildman–Crippen MR) is 260 cm³/mol. The topological polar surface area (TPSA) is 55.8 Å². The van der Waals surface area contributed by atoms with Crippen molar-refractivity contribution in [3.05, 3.63) is 85.1 Å². The van der Waals surface area contributed by atoms with E-state index in [-0.39, 0.29) is 19.2 Å². The van der Waals surface area contributed by atoms with E-state index in [0.29, 0.717) is 13.0 Å². The van der Waals surface area contributed by atoms with Gasteiger partial charge in [0.15, 0.2) is 0 Å². The SMILES string of the molecule is CC/C=C\C/C=C\C/C=C\C/C=C\C/C=C\CCCCCCCCCCOCC(CO)OC(=O)CCCCCCCCCCCCC/C=C\C/C=C\CCCCCCC. The Hall–Kier alpha value is -2.43. The van der Waals surface area contributed by atoms with E-state index in [1.165, 1.54) is 154 Å². The van der Waals surface area contributed by atoms with Crippen molar-refractivity contribution in [1.82, 2.24) is 0 Å². The van der Waals surface area contributed by atoms with Crippen LogP contribution in [0.4, 0.5) is 0 Å². The predicted octanol–water partition coefficient (Wildman–Crippen LogP) is 17.1. The van der Waals surface area contributed by atoms with Gasteiger partial charge in [-0.05, 0) is 89.9 Å². The van der Waals surface area contributed by atoms with Crippen molar-refractivity contribution >= 4 is 5.97 Å². The summed E-state index contributed by atoms with van der Waals surface area (Å²) in [6.07, 6.45) is 72.4. The first-order valence-electron chi connectivity index (χ1n) is 25.2. The zero-order valence-electron chi connectivity index (χ0n) is 39.0. The first kappa shape index (κ1) is 56.6. The molecule has 0 saturated carbocycles. The second-order valence-electron chi connectivity index (χ2n) is 16.5. The molecule has 0 saturated heterocycles. The molecular formula is C55H96O4. The van der Waals surface area contributed by atoms with Gasteiger partial charge in [-0.15, -0.1) is 0 Å². The standard InChI is InChI=1S/C55H96O4/c1-3-5-7-9-11-13-15-17-19-21-23-25-27-29-31-33-35-37-39-41-43-45-47-49-51-58-53-54(52-56)59-55(57)50-48-46-44-42-40-38-36-34-32-30-28-26-24-22-20-18-16-14-12-10-8-6-4-2/h5,7,11,13,16-19,22-25,29,31,54,56H,3-4,6,8-10,12,14-15,20-21,26-28,30,32-53H2,1-2H3/b7-5-,13-11-,18-16-,19-17-,24-22-,25-23-,31-29-. The third-order valence-corrected chi connectivity index (χ3v) is 10.7. The van der Waals surface area contributed by atoms with Gasteiger partial charge in [-0.3, -0.25) is 4.79 Å². The van der Waals surface area contributed by atoms with Crippen LogP contribution in [-0.2, 0) is 14.3 Å².